The number of carbonyl (C=O) groups is 1. The topological polar surface area (TPSA) is 62.7 Å². The molecule has 124 valence electrons. The fourth-order valence-corrected chi connectivity index (χ4v) is 3.45. The lowest BCUT2D eigenvalue weighted by molar-refractivity contribution is -0.113. The number of aliphatic hydroxyl groups excluding tert-OH is 1. The van der Waals surface area contributed by atoms with Crippen molar-refractivity contribution in [1.82, 2.24) is 9.88 Å². The summed E-state index contributed by atoms with van der Waals surface area (Å²) in [6, 6.07) is 0. The standard InChI is InChI=1S/C14H20F2N2O3S/c1-8-11(22-12(17-8)9(2)21-3)13(20)18-5-4-14(15,16)10(6-18)7-19/h9-10,19H,4-7H2,1-3H3/t9-,10+/m0/s1. The van der Waals surface area contributed by atoms with Gasteiger partial charge in [-0.25, -0.2) is 13.8 Å². The van der Waals surface area contributed by atoms with Crippen LogP contribution >= 0.6 is 11.3 Å². The summed E-state index contributed by atoms with van der Waals surface area (Å²) in [5.74, 6) is -4.45. The first-order valence-electron chi connectivity index (χ1n) is 7.08. The van der Waals surface area contributed by atoms with Gasteiger partial charge in [0.1, 0.15) is 16.0 Å². The van der Waals surface area contributed by atoms with Gasteiger partial charge in [-0.05, 0) is 13.8 Å². The monoisotopic (exact) mass is 334 g/mol. The van der Waals surface area contributed by atoms with Crippen molar-refractivity contribution in [2.75, 3.05) is 26.8 Å². The average molecular weight is 334 g/mol. The van der Waals surface area contributed by atoms with E-state index in [1.165, 1.54) is 16.2 Å². The maximum Gasteiger partial charge on any atom is 0.265 e. The first-order chi connectivity index (χ1) is 10.3. The molecule has 0 aliphatic carbocycles. The van der Waals surface area contributed by atoms with Gasteiger partial charge in [-0.2, -0.15) is 0 Å². The molecule has 1 aliphatic heterocycles. The van der Waals surface area contributed by atoms with Crippen LogP contribution in [0.25, 0.3) is 0 Å². The maximum atomic E-state index is 13.6. The van der Waals surface area contributed by atoms with Crippen molar-refractivity contribution in [2.24, 2.45) is 5.92 Å². The number of likely N-dealkylation sites (tertiary alicyclic amines) is 1. The van der Waals surface area contributed by atoms with E-state index in [2.05, 4.69) is 4.98 Å². The lowest BCUT2D eigenvalue weighted by atomic mass is 9.94. The van der Waals surface area contributed by atoms with E-state index in [0.717, 1.165) is 0 Å². The number of ether oxygens (including phenoxy) is 1. The van der Waals surface area contributed by atoms with Crippen LogP contribution in [0.15, 0.2) is 0 Å². The molecule has 1 aliphatic rings. The van der Waals surface area contributed by atoms with Gasteiger partial charge in [0.15, 0.2) is 0 Å². The van der Waals surface area contributed by atoms with Crippen LogP contribution < -0.4 is 0 Å². The highest BCUT2D eigenvalue weighted by molar-refractivity contribution is 7.13. The molecule has 2 heterocycles. The predicted molar refractivity (Wildman–Crippen MR) is 78.3 cm³/mol. The highest BCUT2D eigenvalue weighted by atomic mass is 32.1. The normalized spacial score (nSPS) is 22.6. The number of carbonyl (C=O) groups excluding carboxylic acids is 1. The Morgan fingerprint density at radius 1 is 1.64 bits per heavy atom. The number of halogens is 2. The van der Waals surface area contributed by atoms with E-state index < -0.39 is 24.9 Å². The number of aryl methyl sites for hydroxylation is 1. The van der Waals surface area contributed by atoms with Crippen LogP contribution in [0, 0.1) is 12.8 Å². The number of aliphatic hydroxyl groups is 1. The van der Waals surface area contributed by atoms with Crippen molar-refractivity contribution in [3.05, 3.63) is 15.6 Å². The Bertz CT molecular complexity index is 550. The number of aromatic nitrogens is 1. The van der Waals surface area contributed by atoms with Gasteiger partial charge in [-0.3, -0.25) is 4.79 Å². The van der Waals surface area contributed by atoms with Crippen LogP contribution in [0.3, 0.4) is 0 Å². The summed E-state index contributed by atoms with van der Waals surface area (Å²) >= 11 is 1.23. The van der Waals surface area contributed by atoms with E-state index in [1.807, 2.05) is 6.92 Å². The Hall–Kier alpha value is -1.12. The molecule has 1 fully saturated rings. The van der Waals surface area contributed by atoms with Gasteiger partial charge in [-0.1, -0.05) is 0 Å². The van der Waals surface area contributed by atoms with Crippen LogP contribution in [0.1, 0.15) is 39.8 Å². The molecule has 1 amide bonds. The number of amides is 1. The van der Waals surface area contributed by atoms with E-state index in [1.54, 1.807) is 14.0 Å². The molecule has 22 heavy (non-hydrogen) atoms. The minimum atomic E-state index is -2.93. The predicted octanol–water partition coefficient (Wildman–Crippen LogP) is 2.25. The number of alkyl halides is 2. The molecule has 1 saturated heterocycles. The van der Waals surface area contributed by atoms with E-state index in [0.29, 0.717) is 15.6 Å². The smallest absolute Gasteiger partial charge is 0.265 e. The molecule has 2 atom stereocenters. The van der Waals surface area contributed by atoms with E-state index in [4.69, 9.17) is 9.84 Å². The van der Waals surface area contributed by atoms with Crippen molar-refractivity contribution >= 4 is 17.2 Å². The summed E-state index contributed by atoms with van der Waals surface area (Å²) in [4.78, 5) is 18.7. The fraction of sp³-hybridized carbons (Fsp3) is 0.714. The summed E-state index contributed by atoms with van der Waals surface area (Å²) in [7, 11) is 1.56. The fourth-order valence-electron chi connectivity index (χ4n) is 2.39. The van der Waals surface area contributed by atoms with Crippen LogP contribution in [0.5, 0.6) is 0 Å². The van der Waals surface area contributed by atoms with Crippen LogP contribution in [0.4, 0.5) is 8.78 Å². The molecule has 0 aromatic carbocycles. The molecule has 8 heteroatoms. The average Bonchev–Trinajstić information content (AvgIpc) is 2.87. The molecule has 5 nitrogen and oxygen atoms in total. The van der Waals surface area contributed by atoms with Crippen LogP contribution in [-0.2, 0) is 4.74 Å². The largest absolute Gasteiger partial charge is 0.396 e. The van der Waals surface area contributed by atoms with Crippen molar-refractivity contribution < 1.29 is 23.4 Å². The Labute approximate surface area is 131 Å². The zero-order chi connectivity index (χ0) is 16.5. The summed E-state index contributed by atoms with van der Waals surface area (Å²) in [5, 5.41) is 9.80. The Kier molecular flexibility index (Phi) is 5.14. The number of thiazole rings is 1. The van der Waals surface area contributed by atoms with Gasteiger partial charge in [0.25, 0.3) is 11.8 Å². The molecule has 0 radical (unpaired) electrons. The molecular formula is C14H20F2N2O3S. The van der Waals surface area contributed by atoms with Crippen molar-refractivity contribution in [1.29, 1.82) is 0 Å². The van der Waals surface area contributed by atoms with Crippen LogP contribution in [0.2, 0.25) is 0 Å². The number of hydrogen-bond acceptors (Lipinski definition) is 5. The van der Waals surface area contributed by atoms with Crippen molar-refractivity contribution in [3.63, 3.8) is 0 Å². The number of piperidine rings is 1. The quantitative estimate of drug-likeness (QED) is 0.917. The molecule has 1 aromatic rings. The van der Waals surface area contributed by atoms with Gasteiger partial charge in [-0.15, -0.1) is 11.3 Å². The third-order valence-corrected chi connectivity index (χ3v) is 5.28. The second-order valence-corrected chi connectivity index (χ2v) is 6.52. The van der Waals surface area contributed by atoms with Crippen LogP contribution in [-0.4, -0.2) is 53.6 Å². The highest BCUT2D eigenvalue weighted by Crippen LogP contribution is 2.34. The summed E-state index contributed by atoms with van der Waals surface area (Å²) in [6.07, 6.45) is -0.649. The van der Waals surface area contributed by atoms with Gasteiger partial charge >= 0.3 is 0 Å². The summed E-state index contributed by atoms with van der Waals surface area (Å²) < 4.78 is 32.4. The SMILES string of the molecule is CO[C@@H](C)c1nc(C)c(C(=O)N2CCC(F)(F)[C@@H](CO)C2)s1. The number of rotatable bonds is 4. The molecule has 0 bridgehead atoms. The molecular weight excluding hydrogens is 314 g/mol. The molecule has 1 aromatic heterocycles. The third kappa shape index (κ3) is 3.28. The Balaban J connectivity index is 2.17. The Morgan fingerprint density at radius 2 is 2.32 bits per heavy atom. The lowest BCUT2D eigenvalue weighted by Crippen LogP contribution is -2.50. The minimum Gasteiger partial charge on any atom is -0.396 e. The highest BCUT2D eigenvalue weighted by Gasteiger charge is 2.45. The summed E-state index contributed by atoms with van der Waals surface area (Å²) in [6.45, 7) is 2.75. The van der Waals surface area contributed by atoms with Gasteiger partial charge in [0.2, 0.25) is 0 Å². The maximum absolute atomic E-state index is 13.6. The first-order valence-corrected chi connectivity index (χ1v) is 7.90. The second-order valence-electron chi connectivity index (χ2n) is 5.49. The summed E-state index contributed by atoms with van der Waals surface area (Å²) in [5.41, 5.74) is 0.576. The first kappa shape index (κ1) is 17.2. The molecule has 0 unspecified atom stereocenters. The van der Waals surface area contributed by atoms with E-state index >= 15 is 0 Å². The zero-order valence-corrected chi connectivity index (χ0v) is 13.6. The number of nitrogens with zero attached hydrogens (tertiary/aromatic N) is 2. The van der Waals surface area contributed by atoms with E-state index in [-0.39, 0.29) is 25.1 Å². The van der Waals surface area contributed by atoms with Gasteiger partial charge in [0, 0.05) is 26.6 Å². The second kappa shape index (κ2) is 6.55. The zero-order valence-electron chi connectivity index (χ0n) is 12.8. The minimum absolute atomic E-state index is 0.0190. The number of methoxy groups -OCH3 is 1. The molecule has 0 spiro atoms. The van der Waals surface area contributed by atoms with E-state index in [9.17, 15) is 13.6 Å². The van der Waals surface area contributed by atoms with Crippen molar-refractivity contribution in [2.45, 2.75) is 32.3 Å². The van der Waals surface area contributed by atoms with Gasteiger partial charge < -0.3 is 14.7 Å². The lowest BCUT2D eigenvalue weighted by Gasteiger charge is -2.37. The van der Waals surface area contributed by atoms with Crippen molar-refractivity contribution in [3.8, 4) is 0 Å². The Morgan fingerprint density at radius 3 is 2.91 bits per heavy atom. The van der Waals surface area contributed by atoms with Gasteiger partial charge in [0.05, 0.1) is 18.2 Å². The molecule has 1 N–H and O–H groups in total. The molecule has 0 saturated carbocycles. The number of hydrogen-bond donors (Lipinski definition) is 1. The third-order valence-electron chi connectivity index (χ3n) is 3.97. The molecule has 2 rings (SSSR count).